The van der Waals surface area contributed by atoms with Crippen molar-refractivity contribution in [1.29, 1.82) is 0 Å². The van der Waals surface area contributed by atoms with Crippen LogP contribution in [-0.4, -0.2) is 45.2 Å². The molecule has 0 spiro atoms. The van der Waals surface area contributed by atoms with E-state index >= 15 is 0 Å². The average molecular weight is 640 g/mol. The van der Waals surface area contributed by atoms with E-state index in [0.717, 1.165) is 11.8 Å². The van der Waals surface area contributed by atoms with Gasteiger partial charge in [-0.3, -0.25) is 0 Å². The molecule has 0 saturated heterocycles. The zero-order chi connectivity index (χ0) is 19.3. The predicted octanol–water partition coefficient (Wildman–Crippen LogP) is 3.46. The zero-order valence-corrected chi connectivity index (χ0v) is 27.1. The van der Waals surface area contributed by atoms with Crippen molar-refractivity contribution in [2.24, 2.45) is 0 Å². The van der Waals surface area contributed by atoms with Gasteiger partial charge in [0, 0.05) is 137 Å². The van der Waals surface area contributed by atoms with Crippen molar-refractivity contribution in [3.05, 3.63) is 77.0 Å². The number of fused-ring (bicyclic) bond motifs is 9. The maximum atomic E-state index is 6.30. The van der Waals surface area contributed by atoms with Crippen LogP contribution in [0.3, 0.4) is 0 Å². The molecule has 4 aliphatic rings. The monoisotopic (exact) mass is 640 g/mol. The molecule has 4 heterocycles. The second-order valence-corrected chi connectivity index (χ2v) is 9.45. The Labute approximate surface area is 259 Å². The summed E-state index contributed by atoms with van der Waals surface area (Å²) in [7, 11) is 0. The van der Waals surface area contributed by atoms with Gasteiger partial charge >= 0.3 is 6.17 Å². The van der Waals surface area contributed by atoms with Crippen LogP contribution < -0.4 is 0 Å². The van der Waals surface area contributed by atoms with Crippen LogP contribution in [0.15, 0.2) is 48.5 Å². The molecule has 6 rings (SSSR count). The predicted molar refractivity (Wildman–Crippen MR) is 107 cm³/mol. The van der Waals surface area contributed by atoms with Crippen LogP contribution in [0, 0.1) is 6.17 Å². The van der Waals surface area contributed by atoms with Crippen molar-refractivity contribution in [1.82, 2.24) is 0 Å². The molecule has 2 aromatic rings. The molecule has 0 aliphatic carbocycles. The molecule has 7 heteroatoms. The summed E-state index contributed by atoms with van der Waals surface area (Å²) in [6.45, 7) is 10.4. The summed E-state index contributed by atoms with van der Waals surface area (Å²) in [4.78, 5) is 0. The Hall–Kier alpha value is 0.562. The average Bonchev–Trinajstić information content (AvgIpc) is 3.18. The van der Waals surface area contributed by atoms with Crippen LogP contribution in [0.2, 0.25) is 0 Å². The number of hydrogen-bond donors (Lipinski definition) is 0. The Balaban J connectivity index is 0.000000907. The standard InChI is InChI=1S/C24H25N2O2.3Y/c1-23(2)13-27-21-17-11-7-5-9-15(17)19-16-10-6-8-12-18(16)22-26(20(19)25(21)23)24(3,4)14-28-22;;;/h5-12,19H,13-14H2,1-4H3;;;/q+1;;;. The minimum atomic E-state index is -0.119. The summed E-state index contributed by atoms with van der Waals surface area (Å²) in [6.07, 6.45) is 1.27. The van der Waals surface area contributed by atoms with Gasteiger partial charge < -0.3 is 9.47 Å². The maximum Gasteiger partial charge on any atom is 0.334 e. The van der Waals surface area contributed by atoms with Crippen LogP contribution >= 0.6 is 0 Å². The number of nitrogens with zero attached hydrogens (tertiary/aromatic N) is 2. The Morgan fingerprint density at radius 2 is 1.10 bits per heavy atom. The van der Waals surface area contributed by atoms with Crippen LogP contribution in [-0.2, 0) is 108 Å². The molecule has 0 saturated carbocycles. The summed E-state index contributed by atoms with van der Waals surface area (Å²) >= 11 is 0. The summed E-state index contributed by atoms with van der Waals surface area (Å²) < 4.78 is 17.5. The fraction of sp³-hybridized carbons (Fsp3) is 0.375. The molecule has 151 valence electrons. The van der Waals surface area contributed by atoms with Gasteiger partial charge in [-0.2, -0.15) is 0 Å². The third-order valence-corrected chi connectivity index (χ3v) is 6.46. The van der Waals surface area contributed by atoms with E-state index in [1.54, 1.807) is 0 Å². The molecular formula is C24H25N2O2Y3+. The first kappa shape index (κ1) is 26.2. The van der Waals surface area contributed by atoms with E-state index in [-0.39, 0.29) is 115 Å². The van der Waals surface area contributed by atoms with E-state index in [1.807, 2.05) is 0 Å². The van der Waals surface area contributed by atoms with Crippen molar-refractivity contribution in [2.75, 3.05) is 13.2 Å². The van der Waals surface area contributed by atoms with E-state index in [1.165, 1.54) is 28.4 Å². The van der Waals surface area contributed by atoms with Gasteiger partial charge in [0.15, 0.2) is 11.1 Å². The molecule has 3 radical (unpaired) electrons. The molecule has 31 heavy (non-hydrogen) atoms. The normalized spacial score (nSPS) is 21.1. The van der Waals surface area contributed by atoms with Gasteiger partial charge in [-0.05, 0) is 11.1 Å². The van der Waals surface area contributed by atoms with E-state index in [9.17, 15) is 0 Å². The van der Waals surface area contributed by atoms with Gasteiger partial charge in [0.1, 0.15) is 19.1 Å². The fourth-order valence-electron chi connectivity index (χ4n) is 5.21. The second-order valence-electron chi connectivity index (χ2n) is 9.45. The minimum Gasteiger partial charge on any atom is -0.493 e. The Kier molecular flexibility index (Phi) is 7.57. The molecule has 2 aromatic carbocycles. The van der Waals surface area contributed by atoms with Crippen molar-refractivity contribution in [2.45, 2.75) is 44.7 Å². The van der Waals surface area contributed by atoms with Crippen LogP contribution in [0.1, 0.15) is 55.9 Å². The molecule has 0 unspecified atom stereocenters. The summed E-state index contributed by atoms with van der Waals surface area (Å²) in [5.41, 5.74) is 4.81. The molecular weight excluding hydrogens is 615 g/mol. The Morgan fingerprint density at radius 1 is 0.710 bits per heavy atom. The van der Waals surface area contributed by atoms with Crippen molar-refractivity contribution in [3.8, 4) is 0 Å². The van der Waals surface area contributed by atoms with Crippen LogP contribution in [0.5, 0.6) is 0 Å². The Bertz CT molecular complexity index is 1020. The van der Waals surface area contributed by atoms with Gasteiger partial charge in [0.05, 0.1) is 0 Å². The molecule has 0 bridgehead atoms. The van der Waals surface area contributed by atoms with Crippen molar-refractivity contribution >= 4 is 11.8 Å². The molecule has 0 atom stereocenters. The summed E-state index contributed by atoms with van der Waals surface area (Å²) in [5, 5.41) is 0. The zero-order valence-electron chi connectivity index (χ0n) is 18.6. The third kappa shape index (κ3) is 3.66. The first-order chi connectivity index (χ1) is 13.4. The van der Waals surface area contributed by atoms with Gasteiger partial charge in [-0.1, -0.05) is 48.5 Å². The van der Waals surface area contributed by atoms with E-state index < -0.39 is 0 Å². The maximum absolute atomic E-state index is 6.30. The smallest absolute Gasteiger partial charge is 0.334 e. The summed E-state index contributed by atoms with van der Waals surface area (Å²) in [5.74, 6) is 2.13. The van der Waals surface area contributed by atoms with Crippen LogP contribution in [0.25, 0.3) is 0 Å². The first-order valence-corrected chi connectivity index (χ1v) is 10.1. The molecule has 4 aliphatic heterocycles. The van der Waals surface area contributed by atoms with Crippen LogP contribution in [0.4, 0.5) is 0 Å². The number of hydrogen-bond acceptors (Lipinski definition) is 2. The fourth-order valence-corrected chi connectivity index (χ4v) is 5.21. The third-order valence-electron chi connectivity index (χ3n) is 6.46. The van der Waals surface area contributed by atoms with Gasteiger partial charge in [0.25, 0.3) is 11.8 Å². The SMILES string of the molecule is CC1(C)COC2=[N+]1[C-]1C(c3ccccc32)c2ccccc2C2=[N+]1C(C)(C)CO2.[Y].[Y].[Y]. The number of rotatable bonds is 0. The van der Waals surface area contributed by atoms with Gasteiger partial charge in [0.2, 0.25) is 0 Å². The molecule has 4 nitrogen and oxygen atoms in total. The van der Waals surface area contributed by atoms with Crippen molar-refractivity contribution in [3.63, 3.8) is 0 Å². The summed E-state index contributed by atoms with van der Waals surface area (Å²) in [6, 6.07) is 17.4. The van der Waals surface area contributed by atoms with Crippen molar-refractivity contribution < 1.29 is 117 Å². The van der Waals surface area contributed by atoms with E-state index in [2.05, 4.69) is 85.4 Å². The number of ether oxygens (including phenoxy) is 2. The van der Waals surface area contributed by atoms with E-state index in [0.29, 0.717) is 13.2 Å². The van der Waals surface area contributed by atoms with Gasteiger partial charge in [-0.25, -0.2) is 9.15 Å². The number of benzene rings is 2. The quantitative estimate of drug-likeness (QED) is 0.326. The second kappa shape index (κ2) is 8.97. The first-order valence-electron chi connectivity index (χ1n) is 10.1. The largest absolute Gasteiger partial charge is 0.493 e. The molecule has 0 fully saturated rings. The molecule has 0 amide bonds. The Morgan fingerprint density at radius 3 is 1.52 bits per heavy atom. The van der Waals surface area contributed by atoms with Gasteiger partial charge in [-0.15, -0.1) is 0 Å². The minimum absolute atomic E-state index is 0. The topological polar surface area (TPSA) is 24.5 Å². The van der Waals surface area contributed by atoms with E-state index in [4.69, 9.17) is 9.47 Å². The molecule has 0 N–H and O–H groups in total. The molecule has 0 aromatic heterocycles.